The van der Waals surface area contributed by atoms with E-state index < -0.39 is 64.1 Å². The molecule has 1 N–H and O–H groups in total. The summed E-state index contributed by atoms with van der Waals surface area (Å²) in [6.45, 7) is 3.88. The highest BCUT2D eigenvalue weighted by atomic mass is 35.5. The first-order valence-electron chi connectivity index (χ1n) is 23.2. The van der Waals surface area contributed by atoms with Crippen LogP contribution in [0.25, 0.3) is 0 Å². The third-order valence-corrected chi connectivity index (χ3v) is 15.8. The first-order valence-corrected chi connectivity index (χ1v) is 25.7. The zero-order valence-electron chi connectivity index (χ0n) is 40.7. The second-order valence-electron chi connectivity index (χ2n) is 17.6. The normalized spacial score (nSPS) is 21.3. The molecule has 1 aromatic heterocycles. The summed E-state index contributed by atoms with van der Waals surface area (Å²) in [5.74, 6) is -2.90. The Hall–Kier alpha value is -6.96. The summed E-state index contributed by atoms with van der Waals surface area (Å²) in [7, 11) is 12.7. The maximum Gasteiger partial charge on any atom is 0.378 e. The summed E-state index contributed by atoms with van der Waals surface area (Å²) < 4.78 is 55.3. The van der Waals surface area contributed by atoms with Crippen LogP contribution < -0.4 is 24.3 Å². The van der Waals surface area contributed by atoms with E-state index in [-0.39, 0.29) is 78.3 Å². The molecule has 4 aromatic rings. The molecular formula is C47H47B3ClN7O15S2+. The van der Waals surface area contributed by atoms with E-state index >= 15 is 0 Å². The number of amides is 3. The van der Waals surface area contributed by atoms with Gasteiger partial charge in [-0.3, -0.25) is 28.3 Å². The monoisotopic (exact) mass is 1080 g/mol. The molecule has 2 unspecified atom stereocenters. The predicted molar refractivity (Wildman–Crippen MR) is 270 cm³/mol. The van der Waals surface area contributed by atoms with Crippen molar-refractivity contribution in [1.82, 2.24) is 24.5 Å². The largest absolute Gasteiger partial charge is 0.541 e. The number of halogens is 1. The van der Waals surface area contributed by atoms with Crippen molar-refractivity contribution in [1.29, 1.82) is 0 Å². The van der Waals surface area contributed by atoms with Crippen molar-refractivity contribution in [3.63, 3.8) is 0 Å². The van der Waals surface area contributed by atoms with Gasteiger partial charge in [0.2, 0.25) is 17.6 Å². The third kappa shape index (κ3) is 11.8. The minimum Gasteiger partial charge on any atom is -0.541 e. The lowest BCUT2D eigenvalue weighted by Crippen LogP contribution is -2.74. The number of oxime groups is 1. The molecule has 28 heteroatoms. The van der Waals surface area contributed by atoms with Crippen molar-refractivity contribution >= 4 is 99.4 Å². The Morgan fingerprint density at radius 3 is 2.32 bits per heavy atom. The topological polar surface area (TPSA) is 250 Å². The average Bonchev–Trinajstić information content (AvgIpc) is 4.07. The average molecular weight is 1080 g/mol. The van der Waals surface area contributed by atoms with E-state index in [1.165, 1.54) is 0 Å². The summed E-state index contributed by atoms with van der Waals surface area (Å²) >= 11 is 8.02. The molecule has 0 spiro atoms. The second kappa shape index (κ2) is 24.1. The molecule has 4 aliphatic heterocycles. The molecule has 5 heterocycles. The third-order valence-electron chi connectivity index (χ3n) is 13.2. The number of carbonyl (C=O) groups excluding carboxylic acids is 6. The maximum absolute atomic E-state index is 14.5. The van der Waals surface area contributed by atoms with E-state index in [2.05, 4.69) is 29.1 Å². The number of piperazine rings is 1. The van der Waals surface area contributed by atoms with Crippen LogP contribution in [0.2, 0.25) is 11.3 Å². The summed E-state index contributed by atoms with van der Waals surface area (Å²) in [5, 5.41) is 5.54. The van der Waals surface area contributed by atoms with Crippen LogP contribution in [0, 0.1) is 6.92 Å². The number of hydrogen-bond donors (Lipinski definition) is 1. The highest BCUT2D eigenvalue weighted by Gasteiger charge is 2.59. The van der Waals surface area contributed by atoms with Crippen LogP contribution in [0.1, 0.15) is 45.2 Å². The summed E-state index contributed by atoms with van der Waals surface area (Å²) in [6.07, 6.45) is -0.487. The van der Waals surface area contributed by atoms with Crippen molar-refractivity contribution < 1.29 is 75.2 Å². The van der Waals surface area contributed by atoms with E-state index in [0.29, 0.717) is 51.9 Å². The summed E-state index contributed by atoms with van der Waals surface area (Å²) in [5.41, 5.74) is 1.48. The molecule has 75 heavy (non-hydrogen) atoms. The van der Waals surface area contributed by atoms with Crippen LogP contribution in [0.4, 0.5) is 0 Å². The minimum atomic E-state index is -1.89. The van der Waals surface area contributed by atoms with Crippen molar-refractivity contribution in [3.8, 4) is 23.0 Å². The summed E-state index contributed by atoms with van der Waals surface area (Å²) in [6, 6.07) is 16.4. The Morgan fingerprint density at radius 1 is 1.00 bits per heavy atom. The number of β-lactam (4-membered cyclic amide) rings is 1. The Kier molecular flexibility index (Phi) is 17.5. The predicted octanol–water partition coefficient (Wildman–Crippen LogP) is 2.03. The van der Waals surface area contributed by atoms with Crippen LogP contribution in [-0.2, 0) is 66.8 Å². The van der Waals surface area contributed by atoms with Crippen LogP contribution >= 0.6 is 23.1 Å². The second-order valence-corrected chi connectivity index (χ2v) is 20.4. The van der Waals surface area contributed by atoms with Gasteiger partial charge in [0.05, 0.1) is 67.5 Å². The Bertz CT molecular complexity index is 2920. The van der Waals surface area contributed by atoms with Gasteiger partial charge in [-0.1, -0.05) is 41.0 Å². The molecule has 3 aromatic carbocycles. The molecule has 0 aliphatic carbocycles. The van der Waals surface area contributed by atoms with Crippen LogP contribution in [-0.4, -0.2) is 170 Å². The van der Waals surface area contributed by atoms with Crippen molar-refractivity contribution in [2.24, 2.45) is 5.16 Å². The van der Waals surface area contributed by atoms with Gasteiger partial charge in [0.15, 0.2) is 11.5 Å². The van der Waals surface area contributed by atoms with Gasteiger partial charge >= 0.3 is 35.5 Å². The number of nitrogens with one attached hydrogen (secondary N) is 1. The van der Waals surface area contributed by atoms with Crippen molar-refractivity contribution in [2.75, 3.05) is 52.7 Å². The van der Waals surface area contributed by atoms with Crippen molar-refractivity contribution in [2.45, 2.75) is 62.9 Å². The molecule has 8 rings (SSSR count). The molecule has 3 fully saturated rings. The van der Waals surface area contributed by atoms with Gasteiger partial charge in [0.25, 0.3) is 24.2 Å². The Morgan fingerprint density at radius 2 is 1.69 bits per heavy atom. The van der Waals surface area contributed by atoms with Crippen LogP contribution in [0.3, 0.4) is 0 Å². The van der Waals surface area contributed by atoms with E-state index in [0.717, 1.165) is 47.9 Å². The molecule has 6 atom stereocenters. The fourth-order valence-electron chi connectivity index (χ4n) is 9.42. The quantitative estimate of drug-likeness (QED) is 0.0225. The first-order chi connectivity index (χ1) is 36.2. The molecule has 0 bridgehead atoms. The number of nitrogens with zero attached hydrogens (tertiary/aromatic N) is 6. The smallest absolute Gasteiger partial charge is 0.378 e. The van der Waals surface area contributed by atoms with Gasteiger partial charge in [0.1, 0.15) is 59.4 Å². The van der Waals surface area contributed by atoms with Crippen LogP contribution in [0.15, 0.2) is 77.1 Å². The van der Waals surface area contributed by atoms with Gasteiger partial charge in [-0.25, -0.2) is 14.6 Å². The Balaban J connectivity index is 0.989. The SMILES string of the molecule is [B]OC(=O)C1=C(C[N+]23CCC[C@H]2CN(C(=O)c2ccc(OCc4ccc(OC)cc4)c(OCc4ccc(OC)cc4)c2Cl)CC3)CS(=O)[C@@H]2[C@H](NC(=O)/C(=N\O[C@@H](C[B]OC=O)C(=O)O[B])c3nsc(C)n3)C(=O)N12. The number of hydrogen-bond acceptors (Lipinski definition) is 19. The van der Waals surface area contributed by atoms with E-state index in [1.54, 1.807) is 38.2 Å². The summed E-state index contributed by atoms with van der Waals surface area (Å²) in [4.78, 5) is 91.1. The zero-order valence-corrected chi connectivity index (χ0v) is 43.1. The van der Waals surface area contributed by atoms with Gasteiger partial charge < -0.3 is 52.4 Å². The van der Waals surface area contributed by atoms with Gasteiger partial charge in [0, 0.05) is 24.7 Å². The van der Waals surface area contributed by atoms with E-state index in [1.807, 2.05) is 48.5 Å². The molecule has 0 saturated carbocycles. The van der Waals surface area contributed by atoms with Crippen LogP contribution in [0.5, 0.6) is 23.0 Å². The molecule has 3 saturated heterocycles. The number of ether oxygens (including phenoxy) is 4. The fraction of sp³-hybridized carbons (Fsp3) is 0.383. The number of carbonyl (C=O) groups is 6. The molecule has 3 amide bonds. The number of fused-ring (bicyclic) bond motifs is 2. The standard InChI is InChI=1S/C47H46B3ClN7O15S2/c1-26-52-41(55-74-26)37(54-73-35(46(63)71-48)19-50-70-25-59)42(60)53-38-44(62)57-39(47(64)72-49)29(24-75(65)45(38)57)21-58-17-4-5-30(58)20-56(16-18-58)43(61)33-14-15-34(68-22-27-6-10-31(66-2)11-7-27)40(36(33)51)69-23-28-8-12-32(67-3)13-9-28/h6-15,25,30,35,38,45H,4-5,16-24H2,1-3H3/p+1/b54-37-/t30-,35-,38+,45+,58?,75?/m0/s1. The van der Waals surface area contributed by atoms with E-state index in [9.17, 15) is 33.0 Å². The van der Waals surface area contributed by atoms with Crippen molar-refractivity contribution in [3.05, 3.63) is 104 Å². The fourth-order valence-corrected chi connectivity index (χ4v) is 11.9. The zero-order chi connectivity index (χ0) is 53.4. The lowest BCUT2D eigenvalue weighted by molar-refractivity contribution is -0.938. The minimum absolute atomic E-state index is 0.0766. The highest BCUT2D eigenvalue weighted by molar-refractivity contribution is 7.86. The van der Waals surface area contributed by atoms with Gasteiger partial charge in [-0.05, 0) is 66.0 Å². The number of rotatable bonds is 22. The number of quaternary nitrogens is 1. The Labute approximate surface area is 445 Å². The lowest BCUT2D eigenvalue weighted by Gasteiger charge is -2.51. The number of aryl methyl sites for hydroxylation is 1. The highest BCUT2D eigenvalue weighted by Crippen LogP contribution is 2.42. The molecule has 387 valence electrons. The molecular weight excluding hydrogens is 1030 g/mol. The molecule has 4 aliphatic rings. The van der Waals surface area contributed by atoms with E-state index in [4.69, 9.17) is 56.1 Å². The van der Waals surface area contributed by atoms with Gasteiger partial charge in [-0.15, -0.1) is 0 Å². The first kappa shape index (κ1) is 54.3. The lowest BCUT2D eigenvalue weighted by atomic mass is 9.91. The number of benzene rings is 3. The molecule has 22 nitrogen and oxygen atoms in total. The molecule has 5 radical (unpaired) electrons. The number of methoxy groups -OCH3 is 2. The number of aromatic nitrogens is 2. The van der Waals surface area contributed by atoms with Gasteiger partial charge in [-0.2, -0.15) is 4.37 Å². The maximum atomic E-state index is 14.5.